The summed E-state index contributed by atoms with van der Waals surface area (Å²) >= 11 is 0. The summed E-state index contributed by atoms with van der Waals surface area (Å²) in [5.41, 5.74) is 0. The Labute approximate surface area is 103 Å². The Morgan fingerprint density at radius 2 is 2.38 bits per heavy atom. The maximum absolute atomic E-state index is 12.1. The van der Waals surface area contributed by atoms with Gasteiger partial charge in [0.15, 0.2) is 0 Å². The summed E-state index contributed by atoms with van der Waals surface area (Å²) in [7, 11) is 0. The molecular weight excluding hydrogens is 228 g/mol. The Morgan fingerprint density at radius 1 is 1.56 bits per heavy atom. The van der Waals surface area contributed by atoms with E-state index < -0.39 is 0 Å². The Kier molecular flexibility index (Phi) is 5.52. The fourth-order valence-electron chi connectivity index (χ4n) is 2.46. The molecule has 2 saturated heterocycles. The number of morpholine rings is 1. The average molecular weight is 249 g/mol. The molecule has 0 bridgehead atoms. The van der Waals surface area contributed by atoms with Crippen LogP contribution in [0.5, 0.6) is 0 Å². The number of nitrogens with one attached hydrogen (secondary N) is 1. The topological polar surface area (TPSA) is 41.6 Å². The molecule has 1 amide bonds. The van der Waals surface area contributed by atoms with E-state index in [-0.39, 0.29) is 24.4 Å². The second-order valence-electron chi connectivity index (χ2n) is 4.30. The van der Waals surface area contributed by atoms with Gasteiger partial charge in [-0.2, -0.15) is 0 Å². The lowest BCUT2D eigenvalue weighted by Gasteiger charge is -2.30. The van der Waals surface area contributed by atoms with Crippen molar-refractivity contribution in [1.29, 1.82) is 0 Å². The zero-order chi connectivity index (χ0) is 10.7. The fourth-order valence-corrected chi connectivity index (χ4v) is 2.46. The molecule has 0 aromatic carbocycles. The van der Waals surface area contributed by atoms with Gasteiger partial charge in [0.25, 0.3) is 5.91 Å². The molecule has 1 N–H and O–H groups in total. The highest BCUT2D eigenvalue weighted by molar-refractivity contribution is 5.85. The number of hydrogen-bond acceptors (Lipinski definition) is 3. The molecule has 2 aliphatic heterocycles. The van der Waals surface area contributed by atoms with E-state index in [0.717, 1.165) is 32.4 Å². The summed E-state index contributed by atoms with van der Waals surface area (Å²) in [5, 5.41) is 3.20. The summed E-state index contributed by atoms with van der Waals surface area (Å²) in [4.78, 5) is 14.1. The summed E-state index contributed by atoms with van der Waals surface area (Å²) in [6, 6.07) is 0.447. The van der Waals surface area contributed by atoms with Gasteiger partial charge in [0.05, 0.1) is 6.61 Å². The third kappa shape index (κ3) is 2.87. The highest BCUT2D eigenvalue weighted by Crippen LogP contribution is 2.21. The van der Waals surface area contributed by atoms with E-state index in [1.54, 1.807) is 0 Å². The van der Waals surface area contributed by atoms with E-state index in [9.17, 15) is 4.79 Å². The second-order valence-corrected chi connectivity index (χ2v) is 4.30. The molecule has 2 fully saturated rings. The lowest BCUT2D eigenvalue weighted by molar-refractivity contribution is -0.146. The van der Waals surface area contributed by atoms with Crippen LogP contribution in [0.3, 0.4) is 0 Å². The molecule has 0 aromatic rings. The number of amides is 1. The van der Waals surface area contributed by atoms with Gasteiger partial charge < -0.3 is 15.0 Å². The average Bonchev–Trinajstić information content (AvgIpc) is 2.77. The minimum absolute atomic E-state index is 0. The number of nitrogens with zero attached hydrogens (tertiary/aromatic N) is 1. The minimum atomic E-state index is -0.245. The van der Waals surface area contributed by atoms with E-state index in [0.29, 0.717) is 19.2 Å². The van der Waals surface area contributed by atoms with E-state index in [1.807, 2.05) is 4.90 Å². The van der Waals surface area contributed by atoms with Crippen molar-refractivity contribution in [3.63, 3.8) is 0 Å². The SMILES string of the molecule is CCC1CCCN1C(=O)[C@H]1CNCCO1.Cl. The smallest absolute Gasteiger partial charge is 0.253 e. The van der Waals surface area contributed by atoms with Crippen LogP contribution in [0.2, 0.25) is 0 Å². The van der Waals surface area contributed by atoms with Gasteiger partial charge in [-0.05, 0) is 19.3 Å². The van der Waals surface area contributed by atoms with Crippen molar-refractivity contribution in [1.82, 2.24) is 10.2 Å². The monoisotopic (exact) mass is 248 g/mol. The number of carbonyl (C=O) groups excluding carboxylic acids is 1. The first-order valence-electron chi connectivity index (χ1n) is 5.95. The Balaban J connectivity index is 0.00000128. The molecular formula is C11H21ClN2O2. The molecule has 0 aromatic heterocycles. The van der Waals surface area contributed by atoms with Crippen LogP contribution in [-0.4, -0.2) is 49.2 Å². The van der Waals surface area contributed by atoms with Crippen LogP contribution in [-0.2, 0) is 9.53 Å². The molecule has 0 spiro atoms. The number of halogens is 1. The van der Waals surface area contributed by atoms with Crippen molar-refractivity contribution in [2.24, 2.45) is 0 Å². The largest absolute Gasteiger partial charge is 0.366 e. The van der Waals surface area contributed by atoms with Gasteiger partial charge in [0, 0.05) is 25.7 Å². The van der Waals surface area contributed by atoms with E-state index in [1.165, 1.54) is 0 Å². The standard InChI is InChI=1S/C11H20N2O2.ClH/c1-2-9-4-3-6-13(9)11(14)10-8-12-5-7-15-10;/h9-10,12H,2-8H2,1H3;1H/t9?,10-;/m1./s1. The fraction of sp³-hybridized carbons (Fsp3) is 0.909. The van der Waals surface area contributed by atoms with Crippen LogP contribution in [0, 0.1) is 0 Å². The molecule has 2 atom stereocenters. The predicted octanol–water partition coefficient (Wildman–Crippen LogP) is 0.798. The van der Waals surface area contributed by atoms with Crippen molar-refractivity contribution >= 4 is 18.3 Å². The molecule has 5 heteroatoms. The first kappa shape index (κ1) is 13.7. The predicted molar refractivity (Wildman–Crippen MR) is 64.9 cm³/mol. The first-order chi connectivity index (χ1) is 7.33. The molecule has 1 unspecified atom stereocenters. The van der Waals surface area contributed by atoms with Gasteiger partial charge in [0.2, 0.25) is 0 Å². The Bertz CT molecular complexity index is 232. The quantitative estimate of drug-likeness (QED) is 0.786. The van der Waals surface area contributed by atoms with Gasteiger partial charge in [-0.25, -0.2) is 0 Å². The molecule has 2 aliphatic rings. The zero-order valence-corrected chi connectivity index (χ0v) is 10.6. The van der Waals surface area contributed by atoms with Crippen molar-refractivity contribution in [2.45, 2.75) is 38.3 Å². The highest BCUT2D eigenvalue weighted by atomic mass is 35.5. The number of hydrogen-bond donors (Lipinski definition) is 1. The van der Waals surface area contributed by atoms with Gasteiger partial charge in [-0.15, -0.1) is 12.4 Å². The lowest BCUT2D eigenvalue weighted by Crippen LogP contribution is -2.50. The molecule has 2 heterocycles. The number of carbonyl (C=O) groups is 1. The van der Waals surface area contributed by atoms with Gasteiger partial charge in [0.1, 0.15) is 6.10 Å². The Hall–Kier alpha value is -0.320. The maximum atomic E-state index is 12.1. The third-order valence-corrected chi connectivity index (χ3v) is 3.33. The van der Waals surface area contributed by atoms with Crippen LogP contribution >= 0.6 is 12.4 Å². The van der Waals surface area contributed by atoms with Gasteiger partial charge >= 0.3 is 0 Å². The Morgan fingerprint density at radius 3 is 3.00 bits per heavy atom. The van der Waals surface area contributed by atoms with Crippen molar-refractivity contribution in [3.8, 4) is 0 Å². The molecule has 94 valence electrons. The van der Waals surface area contributed by atoms with E-state index >= 15 is 0 Å². The second kappa shape index (κ2) is 6.42. The van der Waals surface area contributed by atoms with Crippen LogP contribution < -0.4 is 5.32 Å². The molecule has 0 aliphatic carbocycles. The minimum Gasteiger partial charge on any atom is -0.366 e. The molecule has 4 nitrogen and oxygen atoms in total. The lowest BCUT2D eigenvalue weighted by atomic mass is 10.1. The first-order valence-corrected chi connectivity index (χ1v) is 5.95. The van der Waals surface area contributed by atoms with Crippen molar-refractivity contribution in [3.05, 3.63) is 0 Å². The molecule has 0 radical (unpaired) electrons. The summed E-state index contributed by atoms with van der Waals surface area (Å²) in [5.74, 6) is 0.187. The molecule has 16 heavy (non-hydrogen) atoms. The molecule has 2 rings (SSSR count). The summed E-state index contributed by atoms with van der Waals surface area (Å²) < 4.78 is 5.49. The number of likely N-dealkylation sites (tertiary alicyclic amines) is 1. The van der Waals surface area contributed by atoms with Crippen LogP contribution in [0.1, 0.15) is 26.2 Å². The normalized spacial score (nSPS) is 29.9. The van der Waals surface area contributed by atoms with Crippen LogP contribution in [0.15, 0.2) is 0 Å². The number of ether oxygens (including phenoxy) is 1. The van der Waals surface area contributed by atoms with Gasteiger partial charge in [-0.3, -0.25) is 4.79 Å². The van der Waals surface area contributed by atoms with Crippen molar-refractivity contribution in [2.75, 3.05) is 26.2 Å². The zero-order valence-electron chi connectivity index (χ0n) is 9.78. The van der Waals surface area contributed by atoms with Crippen LogP contribution in [0.25, 0.3) is 0 Å². The van der Waals surface area contributed by atoms with E-state index in [4.69, 9.17) is 4.74 Å². The van der Waals surface area contributed by atoms with E-state index in [2.05, 4.69) is 12.2 Å². The molecule has 0 saturated carbocycles. The summed E-state index contributed by atoms with van der Waals surface area (Å²) in [6.07, 6.45) is 3.12. The number of rotatable bonds is 2. The maximum Gasteiger partial charge on any atom is 0.253 e. The third-order valence-electron chi connectivity index (χ3n) is 3.33. The van der Waals surface area contributed by atoms with Crippen molar-refractivity contribution < 1.29 is 9.53 Å². The summed E-state index contributed by atoms with van der Waals surface area (Å²) in [6.45, 7) is 5.25. The highest BCUT2D eigenvalue weighted by Gasteiger charge is 2.33. The van der Waals surface area contributed by atoms with Crippen LogP contribution in [0.4, 0.5) is 0 Å². The van der Waals surface area contributed by atoms with Gasteiger partial charge in [-0.1, -0.05) is 6.92 Å².